The number of unbranched alkanes of at least 4 members (excludes halogenated alkanes) is 1. The maximum absolute atomic E-state index is 12.1. The van der Waals surface area contributed by atoms with Gasteiger partial charge in [0.2, 0.25) is 5.88 Å². The number of hydrogen-bond acceptors (Lipinski definition) is 5. The molecule has 8 nitrogen and oxygen atoms in total. The quantitative estimate of drug-likeness (QED) is 0.433. The van der Waals surface area contributed by atoms with E-state index in [9.17, 15) is 14.7 Å². The van der Waals surface area contributed by atoms with Crippen LogP contribution in [0.4, 0.5) is 5.69 Å². The smallest absolute Gasteiger partial charge is 0.283 e. The molecule has 0 fully saturated rings. The number of fused-ring (bicyclic) bond motifs is 1. The molecule has 1 heterocycles. The van der Waals surface area contributed by atoms with Gasteiger partial charge in [0, 0.05) is 28.9 Å². The molecule has 9 heteroatoms. The molecule has 0 unspecified atom stereocenters. The van der Waals surface area contributed by atoms with Crippen molar-refractivity contribution in [3.8, 4) is 11.9 Å². The van der Waals surface area contributed by atoms with E-state index >= 15 is 0 Å². The number of aryl methyl sites for hydroxylation is 1. The molecule has 30 heavy (non-hydrogen) atoms. The van der Waals surface area contributed by atoms with E-state index in [1.54, 1.807) is 34.9 Å². The average molecular weight is 424 g/mol. The molecule has 0 saturated carbocycles. The molecule has 2 aromatic carbocycles. The largest absolute Gasteiger partial charge is 0.493 e. The van der Waals surface area contributed by atoms with E-state index in [2.05, 4.69) is 21.6 Å². The van der Waals surface area contributed by atoms with Gasteiger partial charge in [0.1, 0.15) is 6.54 Å². The van der Waals surface area contributed by atoms with E-state index in [-0.39, 0.29) is 18.1 Å². The van der Waals surface area contributed by atoms with Gasteiger partial charge in [-0.3, -0.25) is 9.59 Å². The predicted molar refractivity (Wildman–Crippen MR) is 112 cm³/mol. The summed E-state index contributed by atoms with van der Waals surface area (Å²) in [6, 6.07) is 15.6. The number of benzene rings is 2. The van der Waals surface area contributed by atoms with Crippen molar-refractivity contribution < 1.29 is 14.7 Å². The lowest BCUT2D eigenvalue weighted by atomic mass is 10.2. The van der Waals surface area contributed by atoms with Gasteiger partial charge in [-0.25, -0.2) is 0 Å². The van der Waals surface area contributed by atoms with Gasteiger partial charge in [0.15, 0.2) is 5.69 Å². The van der Waals surface area contributed by atoms with Crippen LogP contribution in [0.2, 0.25) is 5.02 Å². The summed E-state index contributed by atoms with van der Waals surface area (Å²) in [4.78, 5) is 24.1. The molecular formula is C21H18ClN5O3. The highest BCUT2D eigenvalue weighted by Gasteiger charge is 2.16. The van der Waals surface area contributed by atoms with Crippen molar-refractivity contribution in [2.45, 2.75) is 19.4 Å². The number of nitriles is 1. The molecule has 0 aliphatic rings. The van der Waals surface area contributed by atoms with Gasteiger partial charge >= 0.3 is 0 Å². The summed E-state index contributed by atoms with van der Waals surface area (Å²) < 4.78 is 1.63. The minimum Gasteiger partial charge on any atom is -0.493 e. The lowest BCUT2D eigenvalue weighted by Crippen LogP contribution is -2.28. The third-order valence-electron chi connectivity index (χ3n) is 4.34. The number of para-hydroxylation sites is 1. The van der Waals surface area contributed by atoms with Crippen LogP contribution in [-0.4, -0.2) is 28.0 Å². The van der Waals surface area contributed by atoms with E-state index in [0.29, 0.717) is 35.4 Å². The Morgan fingerprint density at radius 1 is 1.20 bits per heavy atom. The summed E-state index contributed by atoms with van der Waals surface area (Å²) in [5.74, 6) is -1.27. The molecule has 0 radical (unpaired) electrons. The second-order valence-electron chi connectivity index (χ2n) is 6.39. The Labute approximate surface area is 177 Å². The van der Waals surface area contributed by atoms with Crippen molar-refractivity contribution in [1.82, 2.24) is 9.88 Å². The molecule has 0 aliphatic carbocycles. The van der Waals surface area contributed by atoms with Crippen LogP contribution >= 0.6 is 11.6 Å². The number of hydrogen-bond donors (Lipinski definition) is 2. The minimum atomic E-state index is -0.675. The van der Waals surface area contributed by atoms with Crippen LogP contribution in [0.1, 0.15) is 23.2 Å². The van der Waals surface area contributed by atoms with Crippen molar-refractivity contribution >= 4 is 40.0 Å². The zero-order valence-electron chi connectivity index (χ0n) is 15.9. The van der Waals surface area contributed by atoms with E-state index in [1.807, 2.05) is 12.1 Å². The molecule has 152 valence electrons. The van der Waals surface area contributed by atoms with Gasteiger partial charge < -0.3 is 15.0 Å². The maximum atomic E-state index is 12.1. The second kappa shape index (κ2) is 9.67. The Bertz CT molecular complexity index is 1160. The summed E-state index contributed by atoms with van der Waals surface area (Å²) in [5.41, 5.74) is 1.21. The fourth-order valence-electron chi connectivity index (χ4n) is 2.94. The summed E-state index contributed by atoms with van der Waals surface area (Å²) in [6.07, 6.45) is 0.918. The zero-order chi connectivity index (χ0) is 21.5. The first-order chi connectivity index (χ1) is 14.5. The molecule has 0 bridgehead atoms. The minimum absolute atomic E-state index is 0.131. The van der Waals surface area contributed by atoms with Crippen molar-refractivity contribution in [3.63, 3.8) is 0 Å². The Balaban J connectivity index is 1.72. The molecule has 0 saturated heterocycles. The molecule has 2 N–H and O–H groups in total. The van der Waals surface area contributed by atoms with E-state index < -0.39 is 11.8 Å². The number of carbonyl (C=O) groups excluding carboxylic acids is 2. The van der Waals surface area contributed by atoms with Crippen molar-refractivity contribution in [3.05, 3.63) is 59.1 Å². The first-order valence-corrected chi connectivity index (χ1v) is 9.54. The summed E-state index contributed by atoms with van der Waals surface area (Å²) >= 11 is 5.85. The normalized spacial score (nSPS) is 10.9. The predicted octanol–water partition coefficient (Wildman–Crippen LogP) is 4.34. The molecular weight excluding hydrogens is 406 g/mol. The molecule has 0 spiro atoms. The van der Waals surface area contributed by atoms with Crippen LogP contribution in [0.5, 0.6) is 5.88 Å². The van der Waals surface area contributed by atoms with Crippen molar-refractivity contribution in [1.29, 1.82) is 5.26 Å². The third kappa shape index (κ3) is 4.82. The number of nitrogens with zero attached hydrogens (tertiary/aromatic N) is 4. The van der Waals surface area contributed by atoms with Crippen LogP contribution in [0.25, 0.3) is 10.9 Å². The average Bonchev–Trinajstić information content (AvgIpc) is 3.01. The SMILES string of the molecule is N#CCCCn1c(O)c(N=NC(=O)CNC(=O)c2cccc(Cl)c2)c2ccccc21. The number of halogens is 1. The number of rotatable bonds is 7. The van der Waals surface area contributed by atoms with Gasteiger partial charge in [-0.2, -0.15) is 5.26 Å². The fourth-order valence-corrected chi connectivity index (χ4v) is 3.13. The highest BCUT2D eigenvalue weighted by molar-refractivity contribution is 6.31. The summed E-state index contributed by atoms with van der Waals surface area (Å²) in [7, 11) is 0. The Morgan fingerprint density at radius 3 is 2.77 bits per heavy atom. The van der Waals surface area contributed by atoms with Gasteiger partial charge in [-0.05, 0) is 30.7 Å². The lowest BCUT2D eigenvalue weighted by molar-refractivity contribution is -0.117. The molecule has 0 aliphatic heterocycles. The van der Waals surface area contributed by atoms with Crippen LogP contribution in [0, 0.1) is 11.3 Å². The molecule has 1 aromatic heterocycles. The van der Waals surface area contributed by atoms with Gasteiger partial charge in [-0.1, -0.05) is 35.9 Å². The van der Waals surface area contributed by atoms with Gasteiger partial charge in [-0.15, -0.1) is 10.2 Å². The highest BCUT2D eigenvalue weighted by Crippen LogP contribution is 2.38. The summed E-state index contributed by atoms with van der Waals surface area (Å²) in [5, 5.41) is 30.3. The summed E-state index contributed by atoms with van der Waals surface area (Å²) in [6.45, 7) is 0.0789. The number of nitrogens with one attached hydrogen (secondary N) is 1. The van der Waals surface area contributed by atoms with Crippen molar-refractivity contribution in [2.24, 2.45) is 10.2 Å². The number of aromatic hydroxyl groups is 1. The van der Waals surface area contributed by atoms with Crippen LogP contribution in [0.3, 0.4) is 0 Å². The molecule has 3 aromatic rings. The van der Waals surface area contributed by atoms with Gasteiger partial charge in [0.25, 0.3) is 11.8 Å². The van der Waals surface area contributed by atoms with Crippen LogP contribution < -0.4 is 5.32 Å². The van der Waals surface area contributed by atoms with Crippen molar-refractivity contribution in [2.75, 3.05) is 6.54 Å². The lowest BCUT2D eigenvalue weighted by Gasteiger charge is -2.04. The molecule has 2 amide bonds. The fraction of sp³-hybridized carbons (Fsp3) is 0.190. The first-order valence-electron chi connectivity index (χ1n) is 9.16. The third-order valence-corrected chi connectivity index (χ3v) is 4.57. The molecule has 0 atom stereocenters. The number of aromatic nitrogens is 1. The number of carbonyl (C=O) groups is 2. The zero-order valence-corrected chi connectivity index (χ0v) is 16.6. The molecule has 3 rings (SSSR count). The monoisotopic (exact) mass is 423 g/mol. The first kappa shape index (κ1) is 21.0. The van der Waals surface area contributed by atoms with Crippen LogP contribution in [0.15, 0.2) is 58.8 Å². The second-order valence-corrected chi connectivity index (χ2v) is 6.83. The van der Waals surface area contributed by atoms with E-state index in [1.165, 1.54) is 6.07 Å². The van der Waals surface area contributed by atoms with E-state index in [4.69, 9.17) is 16.9 Å². The highest BCUT2D eigenvalue weighted by atomic mass is 35.5. The Hall–Kier alpha value is -3.70. The number of amides is 2. The number of azo groups is 1. The standard InChI is InChI=1S/C21H18ClN5O3/c22-15-7-5-6-14(12-15)20(29)24-13-18(28)25-26-19-16-8-1-2-9-17(16)27(21(19)30)11-4-3-10-23/h1-2,5-9,12,30H,3-4,11,13H2,(H,24,29). The Morgan fingerprint density at radius 2 is 2.00 bits per heavy atom. The Kier molecular flexibility index (Phi) is 6.78. The van der Waals surface area contributed by atoms with E-state index in [0.717, 1.165) is 5.52 Å². The van der Waals surface area contributed by atoms with Gasteiger partial charge in [0.05, 0.1) is 11.6 Å². The maximum Gasteiger partial charge on any atom is 0.283 e. The van der Waals surface area contributed by atoms with Crippen LogP contribution in [-0.2, 0) is 11.3 Å². The topological polar surface area (TPSA) is 120 Å².